The first-order chi connectivity index (χ1) is 10.0. The first kappa shape index (κ1) is 15.5. The van der Waals surface area contributed by atoms with E-state index in [0.717, 1.165) is 30.9 Å². The van der Waals surface area contributed by atoms with Crippen molar-refractivity contribution in [2.75, 3.05) is 25.0 Å². The van der Waals surface area contributed by atoms with Gasteiger partial charge in [-0.1, -0.05) is 13.8 Å². The van der Waals surface area contributed by atoms with Crippen molar-refractivity contribution >= 4 is 11.8 Å². The largest absolute Gasteiger partial charge is 0.493 e. The number of piperidine rings is 1. The summed E-state index contributed by atoms with van der Waals surface area (Å²) >= 11 is 0. The minimum Gasteiger partial charge on any atom is -0.493 e. The van der Waals surface area contributed by atoms with Crippen molar-refractivity contribution in [2.24, 2.45) is 5.92 Å². The molecule has 0 aromatic heterocycles. The number of carbonyl (C=O) groups is 1. The van der Waals surface area contributed by atoms with E-state index in [2.05, 4.69) is 19.2 Å². The molecule has 0 bridgehead atoms. The predicted molar refractivity (Wildman–Crippen MR) is 83.0 cm³/mol. The molecule has 1 heterocycles. The van der Waals surface area contributed by atoms with Gasteiger partial charge in [-0.15, -0.1) is 0 Å². The van der Waals surface area contributed by atoms with Crippen LogP contribution in [0.5, 0.6) is 5.75 Å². The van der Waals surface area contributed by atoms with Gasteiger partial charge in [0.2, 0.25) is 0 Å². The second kappa shape index (κ2) is 7.20. The Morgan fingerprint density at radius 1 is 1.33 bits per heavy atom. The Hall–Kier alpha value is -1.91. The summed E-state index contributed by atoms with van der Waals surface area (Å²) in [5.74, 6) is 1.40. The average Bonchev–Trinajstić information content (AvgIpc) is 2.47. The van der Waals surface area contributed by atoms with E-state index >= 15 is 0 Å². The molecule has 5 nitrogen and oxygen atoms in total. The van der Waals surface area contributed by atoms with Gasteiger partial charge in [-0.25, -0.2) is 4.79 Å². The van der Waals surface area contributed by atoms with Crippen molar-refractivity contribution in [3.8, 4) is 5.75 Å². The lowest BCUT2D eigenvalue weighted by atomic mass is 10.1. The van der Waals surface area contributed by atoms with Crippen LogP contribution in [0, 0.1) is 5.92 Å². The third-order valence-electron chi connectivity index (χ3n) is 3.57. The maximum Gasteiger partial charge on any atom is 0.407 e. The molecule has 116 valence electrons. The molecular weight excluding hydrogens is 268 g/mol. The summed E-state index contributed by atoms with van der Waals surface area (Å²) in [6.07, 6.45) is 0.871. The van der Waals surface area contributed by atoms with Crippen LogP contribution in [0.1, 0.15) is 26.7 Å². The van der Waals surface area contributed by atoms with Crippen molar-refractivity contribution in [1.29, 1.82) is 0 Å². The Morgan fingerprint density at radius 2 is 1.95 bits per heavy atom. The number of amides is 1. The van der Waals surface area contributed by atoms with Gasteiger partial charge in [0.25, 0.3) is 0 Å². The fraction of sp³-hybridized carbons (Fsp3) is 0.562. The third kappa shape index (κ3) is 4.85. The molecule has 1 aromatic carbocycles. The number of hydrogen-bond donors (Lipinski definition) is 2. The lowest BCUT2D eigenvalue weighted by molar-refractivity contribution is 0.134. The molecule has 5 heteroatoms. The average molecular weight is 292 g/mol. The number of nitrogens with zero attached hydrogens (tertiary/aromatic N) is 1. The normalized spacial score (nSPS) is 16.0. The fourth-order valence-electron chi connectivity index (χ4n) is 2.36. The summed E-state index contributed by atoms with van der Waals surface area (Å²) in [6, 6.07) is 8.30. The summed E-state index contributed by atoms with van der Waals surface area (Å²) in [5, 5.41) is 12.4. The highest BCUT2D eigenvalue weighted by molar-refractivity contribution is 5.65. The van der Waals surface area contributed by atoms with Crippen molar-refractivity contribution in [1.82, 2.24) is 4.90 Å². The molecule has 1 saturated heterocycles. The molecular formula is C16H24N2O3. The van der Waals surface area contributed by atoms with Crippen LogP contribution in [0.4, 0.5) is 10.5 Å². The van der Waals surface area contributed by atoms with Crippen LogP contribution in [0.25, 0.3) is 0 Å². The van der Waals surface area contributed by atoms with Crippen LogP contribution < -0.4 is 10.1 Å². The van der Waals surface area contributed by atoms with E-state index in [0.29, 0.717) is 25.0 Å². The number of nitrogens with one attached hydrogen (secondary N) is 1. The van der Waals surface area contributed by atoms with E-state index < -0.39 is 6.09 Å². The van der Waals surface area contributed by atoms with Crippen LogP contribution in [-0.2, 0) is 0 Å². The number of ether oxygens (including phenoxy) is 1. The van der Waals surface area contributed by atoms with Crippen LogP contribution in [0.3, 0.4) is 0 Å². The predicted octanol–water partition coefficient (Wildman–Crippen LogP) is 3.28. The Balaban J connectivity index is 1.80. The second-order valence-electron chi connectivity index (χ2n) is 5.92. The van der Waals surface area contributed by atoms with Crippen LogP contribution in [-0.4, -0.2) is 41.8 Å². The maximum atomic E-state index is 10.9. The summed E-state index contributed by atoms with van der Waals surface area (Å²) in [5.41, 5.74) is 1.06. The zero-order chi connectivity index (χ0) is 15.2. The van der Waals surface area contributed by atoms with Crippen LogP contribution in [0.15, 0.2) is 24.3 Å². The summed E-state index contributed by atoms with van der Waals surface area (Å²) in [7, 11) is 0. The van der Waals surface area contributed by atoms with E-state index in [1.807, 2.05) is 24.3 Å². The molecule has 0 saturated carbocycles. The van der Waals surface area contributed by atoms with Gasteiger partial charge in [-0.3, -0.25) is 0 Å². The van der Waals surface area contributed by atoms with Crippen LogP contribution in [0.2, 0.25) is 0 Å². The molecule has 1 aliphatic heterocycles. The van der Waals surface area contributed by atoms with E-state index in [1.54, 1.807) is 0 Å². The van der Waals surface area contributed by atoms with Crippen molar-refractivity contribution in [3.05, 3.63) is 24.3 Å². The molecule has 0 radical (unpaired) electrons. The van der Waals surface area contributed by atoms with E-state index in [1.165, 1.54) is 4.90 Å². The molecule has 1 aliphatic rings. The van der Waals surface area contributed by atoms with Crippen molar-refractivity contribution in [2.45, 2.75) is 32.7 Å². The second-order valence-corrected chi connectivity index (χ2v) is 5.92. The number of benzene rings is 1. The molecule has 1 aromatic rings. The molecule has 2 N–H and O–H groups in total. The van der Waals surface area contributed by atoms with E-state index in [-0.39, 0.29) is 0 Å². The smallest absolute Gasteiger partial charge is 0.407 e. The molecule has 2 rings (SSSR count). The maximum absolute atomic E-state index is 10.9. The van der Waals surface area contributed by atoms with E-state index in [4.69, 9.17) is 9.84 Å². The summed E-state index contributed by atoms with van der Waals surface area (Å²) in [4.78, 5) is 12.3. The topological polar surface area (TPSA) is 61.8 Å². The standard InChI is InChI=1S/C16H24N2O3/c1-12(2)11-21-15-5-3-13(4-6-15)17-14-7-9-18(10-8-14)16(19)20/h3-6,12,14,17H,7-11H2,1-2H3,(H,19,20). The molecule has 0 unspecified atom stereocenters. The minimum absolute atomic E-state index is 0.336. The third-order valence-corrected chi connectivity index (χ3v) is 3.57. The summed E-state index contributed by atoms with van der Waals surface area (Å²) in [6.45, 7) is 6.17. The zero-order valence-corrected chi connectivity index (χ0v) is 12.7. The molecule has 0 atom stereocenters. The first-order valence-corrected chi connectivity index (χ1v) is 7.52. The Labute approximate surface area is 125 Å². The number of carboxylic acid groups (broad SMARTS) is 1. The number of anilines is 1. The molecule has 0 aliphatic carbocycles. The number of hydrogen-bond acceptors (Lipinski definition) is 3. The molecule has 1 fully saturated rings. The number of rotatable bonds is 5. The van der Waals surface area contributed by atoms with Gasteiger partial charge in [0.05, 0.1) is 6.61 Å². The van der Waals surface area contributed by atoms with Crippen LogP contribution >= 0.6 is 0 Å². The Morgan fingerprint density at radius 3 is 2.48 bits per heavy atom. The van der Waals surface area contributed by atoms with Crippen molar-refractivity contribution < 1.29 is 14.6 Å². The lowest BCUT2D eigenvalue weighted by Crippen LogP contribution is -2.41. The van der Waals surface area contributed by atoms with Crippen molar-refractivity contribution in [3.63, 3.8) is 0 Å². The SMILES string of the molecule is CC(C)COc1ccc(NC2CCN(C(=O)O)CC2)cc1. The Kier molecular flexibility index (Phi) is 5.31. The quantitative estimate of drug-likeness (QED) is 0.874. The van der Waals surface area contributed by atoms with E-state index in [9.17, 15) is 4.79 Å². The molecule has 0 spiro atoms. The molecule has 1 amide bonds. The van der Waals surface area contributed by atoms with Gasteiger partial charge in [0, 0.05) is 24.8 Å². The monoisotopic (exact) mass is 292 g/mol. The summed E-state index contributed by atoms with van der Waals surface area (Å²) < 4.78 is 5.65. The highest BCUT2D eigenvalue weighted by atomic mass is 16.5. The van der Waals surface area contributed by atoms with Gasteiger partial charge >= 0.3 is 6.09 Å². The highest BCUT2D eigenvalue weighted by Gasteiger charge is 2.21. The number of likely N-dealkylation sites (tertiary alicyclic amines) is 1. The Bertz CT molecular complexity index is 451. The van der Waals surface area contributed by atoms with Gasteiger partial charge in [0.15, 0.2) is 0 Å². The first-order valence-electron chi connectivity index (χ1n) is 7.52. The van der Waals surface area contributed by atoms with Gasteiger partial charge in [0.1, 0.15) is 5.75 Å². The minimum atomic E-state index is -0.819. The fourth-order valence-corrected chi connectivity index (χ4v) is 2.36. The zero-order valence-electron chi connectivity index (χ0n) is 12.7. The van der Waals surface area contributed by atoms with Gasteiger partial charge in [-0.2, -0.15) is 0 Å². The van der Waals surface area contributed by atoms with Gasteiger partial charge in [-0.05, 0) is 43.0 Å². The highest BCUT2D eigenvalue weighted by Crippen LogP contribution is 2.20. The van der Waals surface area contributed by atoms with Gasteiger partial charge < -0.3 is 20.1 Å². The molecule has 21 heavy (non-hydrogen) atoms. The lowest BCUT2D eigenvalue weighted by Gasteiger charge is -2.31.